The van der Waals surface area contributed by atoms with E-state index in [0.717, 1.165) is 5.57 Å². The van der Waals surface area contributed by atoms with Crippen LogP contribution in [0.15, 0.2) is 23.8 Å². The lowest BCUT2D eigenvalue weighted by Gasteiger charge is -2.35. The van der Waals surface area contributed by atoms with Crippen LogP contribution in [0, 0.1) is 5.92 Å². The monoisotopic (exact) mass is 354 g/mol. The van der Waals surface area contributed by atoms with Crippen molar-refractivity contribution < 1.29 is 33.7 Å². The van der Waals surface area contributed by atoms with Crippen molar-refractivity contribution >= 4 is 17.7 Å². The van der Waals surface area contributed by atoms with Gasteiger partial charge in [-0.05, 0) is 24.5 Å². The molecule has 0 radical (unpaired) electrons. The fourth-order valence-corrected chi connectivity index (χ4v) is 4.10. The maximum absolute atomic E-state index is 14.6. The number of ketones is 1. The second-order valence-corrected chi connectivity index (χ2v) is 6.75. The van der Waals surface area contributed by atoms with Gasteiger partial charge in [0.1, 0.15) is 0 Å². The van der Waals surface area contributed by atoms with E-state index in [2.05, 4.69) is 0 Å². The molecule has 2 fully saturated rings. The largest absolute Gasteiger partial charge is 0.480 e. The summed E-state index contributed by atoms with van der Waals surface area (Å²) >= 11 is 0. The lowest BCUT2D eigenvalue weighted by molar-refractivity contribution is -0.156. The molecule has 3 aliphatic rings. The van der Waals surface area contributed by atoms with Gasteiger partial charge < -0.3 is 26.4 Å². The predicted octanol–water partition coefficient (Wildman–Crippen LogP) is -0.477. The molecule has 0 saturated heterocycles. The first kappa shape index (κ1) is 17.7. The first-order chi connectivity index (χ1) is 11.6. The SMILES string of the molecule is N[C@@]12[C@@H](C[C@@H](OCCC3=CC(=O)CC=C3)[C@@]1(N)C(=O)O)[C@]2(F)C(=O)O. The molecule has 0 aromatic heterocycles. The van der Waals surface area contributed by atoms with Crippen LogP contribution in [-0.2, 0) is 19.1 Å². The molecule has 0 spiro atoms. The van der Waals surface area contributed by atoms with Crippen LogP contribution in [0.2, 0.25) is 0 Å². The third-order valence-corrected chi connectivity index (χ3v) is 5.56. The number of carboxylic acids is 2. The number of nitrogens with two attached hydrogens (primary N) is 2. The van der Waals surface area contributed by atoms with Crippen LogP contribution < -0.4 is 11.5 Å². The topological polar surface area (TPSA) is 153 Å². The van der Waals surface area contributed by atoms with Crippen molar-refractivity contribution in [3.05, 3.63) is 23.8 Å². The zero-order valence-corrected chi connectivity index (χ0v) is 13.3. The number of halogens is 1. The van der Waals surface area contributed by atoms with Gasteiger partial charge in [-0.2, -0.15) is 0 Å². The minimum Gasteiger partial charge on any atom is -0.480 e. The molecule has 136 valence electrons. The highest BCUT2D eigenvalue weighted by Crippen LogP contribution is 2.68. The lowest BCUT2D eigenvalue weighted by atomic mass is 9.83. The van der Waals surface area contributed by atoms with Gasteiger partial charge in [0.05, 0.1) is 18.2 Å². The van der Waals surface area contributed by atoms with E-state index in [0.29, 0.717) is 12.8 Å². The van der Waals surface area contributed by atoms with E-state index in [1.54, 1.807) is 12.2 Å². The highest BCUT2D eigenvalue weighted by Gasteiger charge is 2.94. The highest BCUT2D eigenvalue weighted by atomic mass is 19.1. The number of carbonyl (C=O) groups excluding carboxylic acids is 1. The fraction of sp³-hybridized carbons (Fsp3) is 0.562. The summed E-state index contributed by atoms with van der Waals surface area (Å²) in [6.07, 6.45) is 4.32. The molecule has 2 saturated carbocycles. The highest BCUT2D eigenvalue weighted by molar-refractivity contribution is 5.95. The van der Waals surface area contributed by atoms with E-state index in [-0.39, 0.29) is 18.8 Å². The predicted molar refractivity (Wildman–Crippen MR) is 82.3 cm³/mol. The van der Waals surface area contributed by atoms with Crippen molar-refractivity contribution in [3.63, 3.8) is 0 Å². The molecule has 9 heteroatoms. The second kappa shape index (κ2) is 5.45. The summed E-state index contributed by atoms with van der Waals surface area (Å²) in [6.45, 7) is 0.0511. The van der Waals surface area contributed by atoms with Gasteiger partial charge in [0.15, 0.2) is 11.3 Å². The van der Waals surface area contributed by atoms with E-state index in [4.69, 9.17) is 21.3 Å². The summed E-state index contributed by atoms with van der Waals surface area (Å²) < 4.78 is 20.1. The van der Waals surface area contributed by atoms with Crippen molar-refractivity contribution in [2.24, 2.45) is 17.4 Å². The Hall–Kier alpha value is -2.10. The van der Waals surface area contributed by atoms with Gasteiger partial charge in [-0.25, -0.2) is 9.18 Å². The molecule has 0 aromatic rings. The quantitative estimate of drug-likeness (QED) is 0.499. The standard InChI is InChI=1S/C16H19FN2O6/c17-14(12(21)22)10-7-11(15(18,13(23)24)16(10,14)19)25-5-4-8-2-1-3-9(20)6-8/h1-2,6,10-11H,3-5,7,18-19H2,(H,21,22)(H,23,24)/t10-,11+,14-,15+,16+/m0/s1. The number of ether oxygens (including phenoxy) is 1. The molecule has 3 rings (SSSR count). The van der Waals surface area contributed by atoms with E-state index in [9.17, 15) is 23.9 Å². The maximum Gasteiger partial charge on any atom is 0.343 e. The Bertz CT molecular complexity index is 721. The van der Waals surface area contributed by atoms with Crippen molar-refractivity contribution in [1.29, 1.82) is 0 Å². The molecule has 3 aliphatic carbocycles. The number of aliphatic carboxylic acids is 2. The number of carboxylic acid groups (broad SMARTS) is 2. The summed E-state index contributed by atoms with van der Waals surface area (Å²) in [5, 5.41) is 18.6. The maximum atomic E-state index is 14.6. The summed E-state index contributed by atoms with van der Waals surface area (Å²) in [5.74, 6) is -4.68. The Morgan fingerprint density at radius 3 is 2.56 bits per heavy atom. The Kier molecular flexibility index (Phi) is 3.86. The van der Waals surface area contributed by atoms with Crippen LogP contribution in [-0.4, -0.2) is 57.4 Å². The molecule has 0 aliphatic heterocycles. The average molecular weight is 354 g/mol. The minimum atomic E-state index is -2.87. The Morgan fingerprint density at radius 2 is 2.00 bits per heavy atom. The van der Waals surface area contributed by atoms with Crippen LogP contribution in [0.4, 0.5) is 4.39 Å². The van der Waals surface area contributed by atoms with Gasteiger partial charge in [-0.3, -0.25) is 9.59 Å². The summed E-state index contributed by atoms with van der Waals surface area (Å²) in [6, 6.07) is 0. The van der Waals surface area contributed by atoms with Gasteiger partial charge >= 0.3 is 11.9 Å². The van der Waals surface area contributed by atoms with Crippen molar-refractivity contribution in [1.82, 2.24) is 0 Å². The number of rotatable bonds is 6. The van der Waals surface area contributed by atoms with Crippen molar-refractivity contribution in [3.8, 4) is 0 Å². The first-order valence-corrected chi connectivity index (χ1v) is 7.85. The molecular weight excluding hydrogens is 335 g/mol. The lowest BCUT2D eigenvalue weighted by Crippen LogP contribution is -2.71. The van der Waals surface area contributed by atoms with Gasteiger partial charge in [-0.1, -0.05) is 12.2 Å². The first-order valence-electron chi connectivity index (χ1n) is 7.85. The van der Waals surface area contributed by atoms with E-state index >= 15 is 0 Å². The van der Waals surface area contributed by atoms with Gasteiger partial charge in [0, 0.05) is 12.3 Å². The van der Waals surface area contributed by atoms with Gasteiger partial charge in [0.25, 0.3) is 0 Å². The number of hydrogen-bond donors (Lipinski definition) is 4. The third kappa shape index (κ3) is 2.12. The number of allylic oxidation sites excluding steroid dienone is 3. The normalized spacial score (nSPS) is 42.0. The van der Waals surface area contributed by atoms with E-state index in [1.165, 1.54) is 6.08 Å². The van der Waals surface area contributed by atoms with Crippen LogP contribution in [0.3, 0.4) is 0 Å². The third-order valence-electron chi connectivity index (χ3n) is 5.56. The van der Waals surface area contributed by atoms with Crippen molar-refractivity contribution in [2.75, 3.05) is 6.61 Å². The van der Waals surface area contributed by atoms with Crippen LogP contribution in [0.25, 0.3) is 0 Å². The molecule has 25 heavy (non-hydrogen) atoms. The van der Waals surface area contributed by atoms with E-state index in [1.807, 2.05) is 0 Å². The average Bonchev–Trinajstić information content (AvgIpc) is 2.91. The summed E-state index contributed by atoms with van der Waals surface area (Å²) in [4.78, 5) is 34.2. The smallest absolute Gasteiger partial charge is 0.343 e. The number of alkyl halides is 1. The Labute approximate surface area is 142 Å². The van der Waals surface area contributed by atoms with Crippen molar-refractivity contribution in [2.45, 2.75) is 42.1 Å². The van der Waals surface area contributed by atoms with Crippen LogP contribution in [0.5, 0.6) is 0 Å². The Morgan fingerprint density at radius 1 is 1.32 bits per heavy atom. The zero-order valence-electron chi connectivity index (χ0n) is 13.3. The molecule has 8 nitrogen and oxygen atoms in total. The van der Waals surface area contributed by atoms with Crippen LogP contribution >= 0.6 is 0 Å². The minimum absolute atomic E-state index is 0.0390. The molecule has 0 unspecified atom stereocenters. The summed E-state index contributed by atoms with van der Waals surface area (Å²) in [5.41, 5.74) is 4.99. The number of carbonyl (C=O) groups is 3. The summed E-state index contributed by atoms with van der Waals surface area (Å²) in [7, 11) is 0. The van der Waals surface area contributed by atoms with Crippen LogP contribution in [0.1, 0.15) is 19.3 Å². The number of hydrogen-bond acceptors (Lipinski definition) is 6. The van der Waals surface area contributed by atoms with E-state index < -0.39 is 40.7 Å². The molecule has 5 atom stereocenters. The molecule has 0 heterocycles. The molecule has 0 amide bonds. The van der Waals surface area contributed by atoms with Gasteiger partial charge in [-0.15, -0.1) is 0 Å². The second-order valence-electron chi connectivity index (χ2n) is 6.75. The zero-order chi connectivity index (χ0) is 18.6. The molecule has 0 bridgehead atoms. The fourth-order valence-electron chi connectivity index (χ4n) is 4.10. The molecular formula is C16H19FN2O6. The molecule has 0 aromatic carbocycles. The molecule has 6 N–H and O–H groups in total. The van der Waals surface area contributed by atoms with Gasteiger partial charge in [0.2, 0.25) is 5.67 Å². The number of fused-ring (bicyclic) bond motifs is 1. The Balaban J connectivity index is 1.72.